The largest absolute Gasteiger partial charge is 0.341 e. The summed E-state index contributed by atoms with van der Waals surface area (Å²) in [6.45, 7) is 7.39. The number of carbonyl (C=O) groups is 1. The molecule has 3 nitrogen and oxygen atoms in total. The van der Waals surface area contributed by atoms with Gasteiger partial charge in [0.1, 0.15) is 0 Å². The summed E-state index contributed by atoms with van der Waals surface area (Å²) in [7, 11) is 0. The molecule has 0 radical (unpaired) electrons. The second kappa shape index (κ2) is 4.74. The van der Waals surface area contributed by atoms with Crippen LogP contribution in [0.25, 0.3) is 0 Å². The van der Waals surface area contributed by atoms with E-state index in [9.17, 15) is 4.79 Å². The predicted molar refractivity (Wildman–Crippen MR) is 65.2 cm³/mol. The van der Waals surface area contributed by atoms with Crippen LogP contribution in [0.1, 0.15) is 46.0 Å². The van der Waals surface area contributed by atoms with Crippen molar-refractivity contribution in [1.29, 1.82) is 0 Å². The molecule has 2 saturated heterocycles. The number of hydrogen-bond acceptors (Lipinski definition) is 2. The van der Waals surface area contributed by atoms with Gasteiger partial charge in [0.15, 0.2) is 0 Å². The highest BCUT2D eigenvalue weighted by molar-refractivity contribution is 5.82. The summed E-state index contributed by atoms with van der Waals surface area (Å²) in [5.41, 5.74) is 0.320. The van der Waals surface area contributed by atoms with Crippen LogP contribution in [0, 0.1) is 5.41 Å². The Bertz CT molecular complexity index is 248. The van der Waals surface area contributed by atoms with E-state index in [1.54, 1.807) is 0 Å². The van der Waals surface area contributed by atoms with Crippen molar-refractivity contribution in [2.24, 2.45) is 5.41 Å². The molecule has 0 aromatic rings. The smallest absolute Gasteiger partial charge is 0.239 e. The van der Waals surface area contributed by atoms with Crippen molar-refractivity contribution < 1.29 is 4.79 Å². The first kappa shape index (κ1) is 11.9. The van der Waals surface area contributed by atoms with Gasteiger partial charge in [-0.3, -0.25) is 4.79 Å². The summed E-state index contributed by atoms with van der Waals surface area (Å²) in [5.74, 6) is 0.340. The highest BCUT2D eigenvalue weighted by Gasteiger charge is 2.34. The summed E-state index contributed by atoms with van der Waals surface area (Å²) >= 11 is 0. The summed E-state index contributed by atoms with van der Waals surface area (Å²) in [5, 5.41) is 3.39. The second-order valence-electron chi connectivity index (χ2n) is 6.03. The van der Waals surface area contributed by atoms with E-state index in [4.69, 9.17) is 0 Å². The molecule has 2 aliphatic rings. The van der Waals surface area contributed by atoms with Crippen molar-refractivity contribution in [3.05, 3.63) is 0 Å². The van der Waals surface area contributed by atoms with Gasteiger partial charge in [0.25, 0.3) is 0 Å². The van der Waals surface area contributed by atoms with E-state index in [1.165, 1.54) is 19.3 Å². The lowest BCUT2D eigenvalue weighted by molar-refractivity contribution is -0.132. The molecule has 2 rings (SSSR count). The van der Waals surface area contributed by atoms with E-state index in [1.807, 2.05) is 0 Å². The quantitative estimate of drug-likeness (QED) is 0.736. The molecule has 2 heterocycles. The van der Waals surface area contributed by atoms with Gasteiger partial charge in [-0.2, -0.15) is 0 Å². The van der Waals surface area contributed by atoms with Crippen LogP contribution >= 0.6 is 0 Å². The summed E-state index contributed by atoms with van der Waals surface area (Å²) in [4.78, 5) is 14.4. The van der Waals surface area contributed by atoms with Crippen LogP contribution in [-0.4, -0.2) is 36.5 Å². The number of rotatable bonds is 1. The third-order valence-corrected chi connectivity index (χ3v) is 3.85. The van der Waals surface area contributed by atoms with Crippen molar-refractivity contribution in [3.63, 3.8) is 0 Å². The van der Waals surface area contributed by atoms with Gasteiger partial charge in [-0.25, -0.2) is 0 Å². The fourth-order valence-corrected chi connectivity index (χ4v) is 2.76. The summed E-state index contributed by atoms with van der Waals surface area (Å²) < 4.78 is 0. The first-order valence-corrected chi connectivity index (χ1v) is 6.61. The molecule has 0 aromatic heterocycles. The molecule has 1 unspecified atom stereocenters. The fourth-order valence-electron chi connectivity index (χ4n) is 2.76. The van der Waals surface area contributed by atoms with Crippen LogP contribution in [0.2, 0.25) is 0 Å². The molecule has 0 aliphatic carbocycles. The first-order chi connectivity index (χ1) is 7.58. The Hall–Kier alpha value is -0.570. The van der Waals surface area contributed by atoms with Gasteiger partial charge in [0.05, 0.1) is 6.04 Å². The molecule has 0 aromatic carbocycles. The van der Waals surface area contributed by atoms with E-state index in [2.05, 4.69) is 24.1 Å². The van der Waals surface area contributed by atoms with Crippen molar-refractivity contribution in [1.82, 2.24) is 10.2 Å². The van der Waals surface area contributed by atoms with Crippen LogP contribution in [0.4, 0.5) is 0 Å². The van der Waals surface area contributed by atoms with Gasteiger partial charge in [-0.15, -0.1) is 0 Å². The monoisotopic (exact) mass is 224 g/mol. The average molecular weight is 224 g/mol. The maximum absolute atomic E-state index is 12.3. The number of amides is 1. The molecule has 0 saturated carbocycles. The van der Waals surface area contributed by atoms with Crippen molar-refractivity contribution in [2.45, 2.75) is 52.0 Å². The van der Waals surface area contributed by atoms with Gasteiger partial charge in [-0.05, 0) is 31.2 Å². The molecule has 1 N–H and O–H groups in total. The number of carbonyl (C=O) groups excluding carboxylic acids is 1. The molecule has 92 valence electrons. The Morgan fingerprint density at radius 2 is 2.12 bits per heavy atom. The van der Waals surface area contributed by atoms with Gasteiger partial charge in [-0.1, -0.05) is 26.7 Å². The lowest BCUT2D eigenvalue weighted by atomic mass is 9.93. The Morgan fingerprint density at radius 1 is 1.31 bits per heavy atom. The van der Waals surface area contributed by atoms with Gasteiger partial charge >= 0.3 is 0 Å². The molecule has 1 atom stereocenters. The molecule has 3 heteroatoms. The van der Waals surface area contributed by atoms with E-state index in [0.29, 0.717) is 11.3 Å². The standard InChI is InChI=1S/C13H24N2O/c1-13(2)7-9-15(10-13)12(16)11-6-4-3-5-8-14-11/h11,14H,3-10H2,1-2H3. The van der Waals surface area contributed by atoms with Crippen LogP contribution in [0.3, 0.4) is 0 Å². The predicted octanol–water partition coefficient (Wildman–Crippen LogP) is 1.78. The zero-order chi connectivity index (χ0) is 11.6. The Morgan fingerprint density at radius 3 is 2.81 bits per heavy atom. The average Bonchev–Trinajstić information content (AvgIpc) is 2.48. The number of hydrogen-bond donors (Lipinski definition) is 1. The van der Waals surface area contributed by atoms with Gasteiger partial charge in [0.2, 0.25) is 5.91 Å². The molecular formula is C13H24N2O. The lowest BCUT2D eigenvalue weighted by Gasteiger charge is -2.24. The van der Waals surface area contributed by atoms with Crippen LogP contribution in [-0.2, 0) is 4.79 Å². The zero-order valence-corrected chi connectivity index (χ0v) is 10.6. The minimum absolute atomic E-state index is 0.0939. The highest BCUT2D eigenvalue weighted by Crippen LogP contribution is 2.29. The molecule has 0 spiro atoms. The minimum Gasteiger partial charge on any atom is -0.341 e. The van der Waals surface area contributed by atoms with E-state index >= 15 is 0 Å². The molecule has 2 aliphatic heterocycles. The topological polar surface area (TPSA) is 32.3 Å². The van der Waals surface area contributed by atoms with Gasteiger partial charge in [0, 0.05) is 13.1 Å². The third kappa shape index (κ3) is 2.76. The maximum atomic E-state index is 12.3. The van der Waals surface area contributed by atoms with Crippen molar-refractivity contribution >= 4 is 5.91 Å². The molecule has 2 fully saturated rings. The SMILES string of the molecule is CC1(C)CCN(C(=O)C2CCCCCN2)C1. The molecule has 1 amide bonds. The normalized spacial score (nSPS) is 30.1. The Balaban J connectivity index is 1.91. The van der Waals surface area contributed by atoms with Crippen molar-refractivity contribution in [2.75, 3.05) is 19.6 Å². The first-order valence-electron chi connectivity index (χ1n) is 6.61. The summed E-state index contributed by atoms with van der Waals surface area (Å²) in [6.07, 6.45) is 5.85. The third-order valence-electron chi connectivity index (χ3n) is 3.85. The van der Waals surface area contributed by atoms with E-state index < -0.39 is 0 Å². The molecular weight excluding hydrogens is 200 g/mol. The van der Waals surface area contributed by atoms with Crippen LogP contribution < -0.4 is 5.32 Å². The molecule has 0 bridgehead atoms. The minimum atomic E-state index is 0.0939. The van der Waals surface area contributed by atoms with Crippen molar-refractivity contribution in [3.8, 4) is 0 Å². The summed E-state index contributed by atoms with van der Waals surface area (Å²) in [6, 6.07) is 0.0939. The van der Waals surface area contributed by atoms with E-state index in [-0.39, 0.29) is 6.04 Å². The maximum Gasteiger partial charge on any atom is 0.239 e. The fraction of sp³-hybridized carbons (Fsp3) is 0.923. The molecule has 16 heavy (non-hydrogen) atoms. The van der Waals surface area contributed by atoms with E-state index in [0.717, 1.165) is 32.5 Å². The zero-order valence-electron chi connectivity index (χ0n) is 10.6. The van der Waals surface area contributed by atoms with Crippen LogP contribution in [0.5, 0.6) is 0 Å². The number of likely N-dealkylation sites (tertiary alicyclic amines) is 1. The van der Waals surface area contributed by atoms with Crippen LogP contribution in [0.15, 0.2) is 0 Å². The Kier molecular flexibility index (Phi) is 3.53. The van der Waals surface area contributed by atoms with Gasteiger partial charge < -0.3 is 10.2 Å². The number of nitrogens with one attached hydrogen (secondary N) is 1. The second-order valence-corrected chi connectivity index (χ2v) is 6.03. The Labute approximate surface area is 98.6 Å². The number of nitrogens with zero attached hydrogens (tertiary/aromatic N) is 1. The lowest BCUT2D eigenvalue weighted by Crippen LogP contribution is -2.45. The highest BCUT2D eigenvalue weighted by atomic mass is 16.2.